The lowest BCUT2D eigenvalue weighted by Crippen LogP contribution is -2.23. The zero-order chi connectivity index (χ0) is 15.4. The van der Waals surface area contributed by atoms with Gasteiger partial charge in [0.05, 0.1) is 6.61 Å². The van der Waals surface area contributed by atoms with Crippen LogP contribution in [0.1, 0.15) is 32.8 Å². The van der Waals surface area contributed by atoms with Crippen LogP contribution in [0, 0.1) is 0 Å². The van der Waals surface area contributed by atoms with Crippen molar-refractivity contribution in [2.75, 3.05) is 13.7 Å². The predicted octanol–water partition coefficient (Wildman–Crippen LogP) is 2.37. The minimum absolute atomic E-state index is 0.103. The second kappa shape index (κ2) is 11.2. The second-order valence-electron chi connectivity index (χ2n) is 4.56. The van der Waals surface area contributed by atoms with Gasteiger partial charge in [-0.05, 0) is 39.8 Å². The lowest BCUT2D eigenvalue weighted by molar-refractivity contribution is -0.145. The first kappa shape index (κ1) is 18.3. The molecule has 0 aliphatic carbocycles. The smallest absolute Gasteiger partial charge is 0.313 e. The number of hydrogen-bond donors (Lipinski definition) is 1. The van der Waals surface area contributed by atoms with Gasteiger partial charge in [-0.2, -0.15) is 0 Å². The Labute approximate surface area is 121 Å². The quantitative estimate of drug-likeness (QED) is 0.641. The number of benzene rings is 1. The Balaban J connectivity index is 0.000000370. The van der Waals surface area contributed by atoms with Crippen LogP contribution in [0.4, 0.5) is 0 Å². The molecule has 0 amide bonds. The maximum absolute atomic E-state index is 10.4. The predicted molar refractivity (Wildman–Crippen MR) is 80.6 cm³/mol. The average molecular weight is 279 g/mol. The number of ether oxygens (including phenoxy) is 1. The molecular formula is C16H25NO3. The maximum atomic E-state index is 10.4. The number of likely N-dealkylation sites (N-methyl/N-ethyl adjacent to an activating group) is 1. The van der Waals surface area contributed by atoms with Gasteiger partial charge in [-0.3, -0.25) is 9.59 Å². The summed E-state index contributed by atoms with van der Waals surface area (Å²) in [4.78, 5) is 20.6. The van der Waals surface area contributed by atoms with E-state index in [1.54, 1.807) is 6.92 Å². The van der Waals surface area contributed by atoms with Crippen molar-refractivity contribution < 1.29 is 14.3 Å². The highest BCUT2D eigenvalue weighted by Gasteiger charge is 2.03. The van der Waals surface area contributed by atoms with Crippen molar-refractivity contribution in [2.45, 2.75) is 39.7 Å². The SMILES string of the molecule is CCOC(=O)CC(C)=O.CN[C@@H](C)Cc1ccccc1. The summed E-state index contributed by atoms with van der Waals surface area (Å²) in [5.74, 6) is -0.599. The minimum atomic E-state index is -0.440. The Morgan fingerprint density at radius 3 is 2.30 bits per heavy atom. The molecule has 20 heavy (non-hydrogen) atoms. The van der Waals surface area contributed by atoms with Gasteiger partial charge in [0.25, 0.3) is 0 Å². The molecule has 0 radical (unpaired) electrons. The van der Waals surface area contributed by atoms with Crippen LogP contribution in [-0.4, -0.2) is 31.4 Å². The normalized spacial score (nSPS) is 11.0. The summed E-state index contributed by atoms with van der Waals surface area (Å²) >= 11 is 0. The summed E-state index contributed by atoms with van der Waals surface area (Å²) < 4.78 is 4.49. The standard InChI is InChI=1S/C10H15N.C6H10O3/c1-9(11-2)8-10-6-4-3-5-7-10;1-3-9-6(8)4-5(2)7/h3-7,9,11H,8H2,1-2H3;3-4H2,1-2H3/t9-;/m0./s1. The molecule has 1 aromatic carbocycles. The molecule has 0 fully saturated rings. The van der Waals surface area contributed by atoms with Crippen molar-refractivity contribution in [3.8, 4) is 0 Å². The van der Waals surface area contributed by atoms with Crippen molar-refractivity contribution in [1.82, 2.24) is 5.32 Å². The first-order valence-corrected chi connectivity index (χ1v) is 6.85. The van der Waals surface area contributed by atoms with Crippen LogP contribution < -0.4 is 5.32 Å². The van der Waals surface area contributed by atoms with E-state index in [1.807, 2.05) is 13.1 Å². The summed E-state index contributed by atoms with van der Waals surface area (Å²) in [7, 11) is 1.99. The molecule has 0 aliphatic rings. The average Bonchev–Trinajstić information content (AvgIpc) is 2.40. The molecule has 1 atom stereocenters. The van der Waals surface area contributed by atoms with Crippen molar-refractivity contribution in [3.63, 3.8) is 0 Å². The number of carbonyl (C=O) groups excluding carboxylic acids is 2. The molecular weight excluding hydrogens is 254 g/mol. The molecule has 0 spiro atoms. The van der Waals surface area contributed by atoms with Crippen molar-refractivity contribution in [3.05, 3.63) is 35.9 Å². The van der Waals surface area contributed by atoms with Crippen LogP contribution in [0.3, 0.4) is 0 Å². The number of Topliss-reactive ketones (excluding diaryl/α,β-unsaturated/α-hetero) is 1. The third kappa shape index (κ3) is 10.3. The van der Waals surface area contributed by atoms with Gasteiger partial charge in [0, 0.05) is 6.04 Å². The first-order chi connectivity index (χ1) is 9.49. The van der Waals surface area contributed by atoms with Crippen molar-refractivity contribution in [1.29, 1.82) is 0 Å². The van der Waals surface area contributed by atoms with Gasteiger partial charge >= 0.3 is 5.97 Å². The molecule has 1 aromatic rings. The van der Waals surface area contributed by atoms with E-state index in [-0.39, 0.29) is 12.2 Å². The Kier molecular flexibility index (Phi) is 10.2. The van der Waals surface area contributed by atoms with Crippen LogP contribution in [0.15, 0.2) is 30.3 Å². The molecule has 0 aromatic heterocycles. The van der Waals surface area contributed by atoms with Gasteiger partial charge in [0.2, 0.25) is 0 Å². The largest absolute Gasteiger partial charge is 0.466 e. The molecule has 1 rings (SSSR count). The molecule has 0 saturated heterocycles. The molecule has 4 heteroatoms. The molecule has 4 nitrogen and oxygen atoms in total. The van der Waals surface area contributed by atoms with Gasteiger partial charge < -0.3 is 10.1 Å². The lowest BCUT2D eigenvalue weighted by atomic mass is 10.1. The fourth-order valence-electron chi connectivity index (χ4n) is 1.48. The monoisotopic (exact) mass is 279 g/mol. The van der Waals surface area contributed by atoms with E-state index in [9.17, 15) is 9.59 Å². The van der Waals surface area contributed by atoms with Crippen molar-refractivity contribution in [2.24, 2.45) is 0 Å². The Morgan fingerprint density at radius 2 is 1.85 bits per heavy atom. The van der Waals surface area contributed by atoms with Crippen LogP contribution in [-0.2, 0) is 20.7 Å². The molecule has 0 unspecified atom stereocenters. The van der Waals surface area contributed by atoms with Gasteiger partial charge in [-0.1, -0.05) is 30.3 Å². The number of rotatable bonds is 6. The summed E-state index contributed by atoms with van der Waals surface area (Å²) in [6.45, 7) is 5.59. The Bertz CT molecular complexity index is 390. The van der Waals surface area contributed by atoms with E-state index in [4.69, 9.17) is 0 Å². The third-order valence-corrected chi connectivity index (χ3v) is 2.58. The van der Waals surface area contributed by atoms with E-state index in [0.29, 0.717) is 12.6 Å². The van der Waals surface area contributed by atoms with E-state index >= 15 is 0 Å². The van der Waals surface area contributed by atoms with E-state index in [1.165, 1.54) is 12.5 Å². The van der Waals surface area contributed by atoms with Gasteiger partial charge in [-0.15, -0.1) is 0 Å². The zero-order valence-corrected chi connectivity index (χ0v) is 12.8. The molecule has 0 aliphatic heterocycles. The van der Waals surface area contributed by atoms with Gasteiger partial charge in [0.1, 0.15) is 12.2 Å². The lowest BCUT2D eigenvalue weighted by Gasteiger charge is -2.08. The number of hydrogen-bond acceptors (Lipinski definition) is 4. The molecule has 0 heterocycles. The topological polar surface area (TPSA) is 55.4 Å². The highest BCUT2D eigenvalue weighted by Crippen LogP contribution is 2.01. The number of carbonyl (C=O) groups is 2. The summed E-state index contributed by atoms with van der Waals surface area (Å²) in [6, 6.07) is 11.1. The number of nitrogens with one attached hydrogen (secondary N) is 1. The highest BCUT2D eigenvalue weighted by molar-refractivity contribution is 5.94. The van der Waals surface area contributed by atoms with Crippen LogP contribution in [0.25, 0.3) is 0 Å². The molecule has 1 N–H and O–H groups in total. The summed E-state index contributed by atoms with van der Waals surface area (Å²) in [5, 5.41) is 3.21. The molecule has 0 saturated carbocycles. The van der Waals surface area contributed by atoms with Crippen LogP contribution in [0.5, 0.6) is 0 Å². The number of ketones is 1. The van der Waals surface area contributed by atoms with E-state index < -0.39 is 5.97 Å². The summed E-state index contributed by atoms with van der Waals surface area (Å²) in [5.41, 5.74) is 1.40. The summed E-state index contributed by atoms with van der Waals surface area (Å²) in [6.07, 6.45) is 1.01. The van der Waals surface area contributed by atoms with Crippen molar-refractivity contribution >= 4 is 11.8 Å². The fourth-order valence-corrected chi connectivity index (χ4v) is 1.48. The van der Waals surface area contributed by atoms with E-state index in [2.05, 4.69) is 41.2 Å². The Hall–Kier alpha value is -1.68. The third-order valence-electron chi connectivity index (χ3n) is 2.58. The number of esters is 1. The Morgan fingerprint density at radius 1 is 1.25 bits per heavy atom. The van der Waals surface area contributed by atoms with E-state index in [0.717, 1.165) is 6.42 Å². The van der Waals surface area contributed by atoms with Gasteiger partial charge in [0.15, 0.2) is 0 Å². The minimum Gasteiger partial charge on any atom is -0.466 e. The fraction of sp³-hybridized carbons (Fsp3) is 0.500. The van der Waals surface area contributed by atoms with Gasteiger partial charge in [-0.25, -0.2) is 0 Å². The van der Waals surface area contributed by atoms with Crippen LogP contribution in [0.2, 0.25) is 0 Å². The second-order valence-corrected chi connectivity index (χ2v) is 4.56. The first-order valence-electron chi connectivity index (χ1n) is 6.85. The highest BCUT2D eigenvalue weighted by atomic mass is 16.5. The maximum Gasteiger partial charge on any atom is 0.313 e. The van der Waals surface area contributed by atoms with Crippen LogP contribution >= 0.6 is 0 Å². The molecule has 0 bridgehead atoms. The molecule has 112 valence electrons. The zero-order valence-electron chi connectivity index (χ0n) is 12.8.